The molecule has 1 saturated carbocycles. The lowest BCUT2D eigenvalue weighted by atomic mass is 10.0. The summed E-state index contributed by atoms with van der Waals surface area (Å²) in [7, 11) is 1.68. The standard InChI is InChI=1S/C29H40N2O6/c1-20-19-36-26(18-30(20)28(33)37-29(2,3)4)27(32)31(23-11-12-23)17-21-15-22-9-6-7-10-24(22)25(16-21)35-14-8-13-34-5/h6-7,9-10,15-16,20,23,26H,8,11-14,17-19H2,1-5H3/t20-,26-/m1/s1. The van der Waals surface area contributed by atoms with Crippen LogP contribution in [0.2, 0.25) is 0 Å². The van der Waals surface area contributed by atoms with Crippen molar-refractivity contribution < 1.29 is 28.5 Å². The minimum absolute atomic E-state index is 0.0846. The van der Waals surface area contributed by atoms with Crippen LogP contribution in [0.25, 0.3) is 10.8 Å². The van der Waals surface area contributed by atoms with E-state index in [1.54, 1.807) is 12.0 Å². The number of carbonyl (C=O) groups is 2. The van der Waals surface area contributed by atoms with Gasteiger partial charge < -0.3 is 28.7 Å². The highest BCUT2D eigenvalue weighted by Gasteiger charge is 2.41. The Balaban J connectivity index is 1.51. The zero-order valence-electron chi connectivity index (χ0n) is 22.7. The lowest BCUT2D eigenvalue weighted by Crippen LogP contribution is -2.56. The summed E-state index contributed by atoms with van der Waals surface area (Å²) in [5.74, 6) is 0.727. The molecule has 8 heteroatoms. The molecule has 0 aromatic heterocycles. The van der Waals surface area contributed by atoms with E-state index in [0.29, 0.717) is 26.4 Å². The van der Waals surface area contributed by atoms with Crippen molar-refractivity contribution in [3.8, 4) is 5.75 Å². The van der Waals surface area contributed by atoms with Crippen LogP contribution in [-0.2, 0) is 25.5 Å². The number of fused-ring (bicyclic) bond motifs is 1. The Kier molecular flexibility index (Phi) is 8.60. The topological polar surface area (TPSA) is 77.5 Å². The number of hydrogen-bond donors (Lipinski definition) is 0. The first-order valence-electron chi connectivity index (χ1n) is 13.2. The first-order valence-corrected chi connectivity index (χ1v) is 13.2. The van der Waals surface area contributed by atoms with Gasteiger partial charge in [-0.15, -0.1) is 0 Å². The van der Waals surface area contributed by atoms with Crippen LogP contribution in [0.4, 0.5) is 4.79 Å². The van der Waals surface area contributed by atoms with Gasteiger partial charge in [-0.3, -0.25) is 4.79 Å². The van der Waals surface area contributed by atoms with Crippen LogP contribution in [0.1, 0.15) is 52.5 Å². The van der Waals surface area contributed by atoms with Gasteiger partial charge in [0.1, 0.15) is 11.4 Å². The van der Waals surface area contributed by atoms with Crippen molar-refractivity contribution in [2.75, 3.05) is 33.5 Å². The number of hydrogen-bond acceptors (Lipinski definition) is 6. The van der Waals surface area contributed by atoms with E-state index in [1.165, 1.54) is 0 Å². The second kappa shape index (κ2) is 11.7. The van der Waals surface area contributed by atoms with Gasteiger partial charge in [0.15, 0.2) is 6.10 Å². The molecule has 2 aliphatic rings. The normalized spacial score (nSPS) is 20.1. The molecule has 0 spiro atoms. The molecule has 1 saturated heterocycles. The Bertz CT molecular complexity index is 1090. The highest BCUT2D eigenvalue weighted by atomic mass is 16.6. The summed E-state index contributed by atoms with van der Waals surface area (Å²) in [5.41, 5.74) is 0.405. The number of benzene rings is 2. The number of amides is 2. The van der Waals surface area contributed by atoms with E-state index >= 15 is 0 Å². The average Bonchev–Trinajstić information content (AvgIpc) is 3.69. The summed E-state index contributed by atoms with van der Waals surface area (Å²) < 4.78 is 22.8. The predicted octanol–water partition coefficient (Wildman–Crippen LogP) is 4.77. The molecule has 2 aromatic rings. The maximum Gasteiger partial charge on any atom is 0.410 e. The molecule has 2 fully saturated rings. The monoisotopic (exact) mass is 512 g/mol. The van der Waals surface area contributed by atoms with Crippen LogP contribution >= 0.6 is 0 Å². The lowest BCUT2D eigenvalue weighted by molar-refractivity contribution is -0.152. The molecule has 202 valence electrons. The maximum atomic E-state index is 13.7. The van der Waals surface area contributed by atoms with Crippen molar-refractivity contribution >= 4 is 22.8 Å². The molecule has 0 radical (unpaired) electrons. The highest BCUT2D eigenvalue weighted by molar-refractivity contribution is 5.89. The molecule has 1 heterocycles. The second-order valence-electron chi connectivity index (χ2n) is 11.0. The summed E-state index contributed by atoms with van der Waals surface area (Å²) in [6, 6.07) is 12.3. The quantitative estimate of drug-likeness (QED) is 0.451. The van der Waals surface area contributed by atoms with E-state index in [-0.39, 0.29) is 24.5 Å². The van der Waals surface area contributed by atoms with Crippen molar-refractivity contribution in [1.29, 1.82) is 0 Å². The van der Waals surface area contributed by atoms with E-state index in [1.807, 2.05) is 50.8 Å². The van der Waals surface area contributed by atoms with E-state index in [2.05, 4.69) is 18.2 Å². The van der Waals surface area contributed by atoms with Crippen LogP contribution in [0.3, 0.4) is 0 Å². The lowest BCUT2D eigenvalue weighted by Gasteiger charge is -2.39. The van der Waals surface area contributed by atoms with Gasteiger partial charge in [-0.05, 0) is 63.6 Å². The Labute approximate surface area is 219 Å². The molecule has 1 aliphatic heterocycles. The van der Waals surface area contributed by atoms with Gasteiger partial charge in [0, 0.05) is 38.1 Å². The van der Waals surface area contributed by atoms with Crippen molar-refractivity contribution in [2.45, 2.75) is 77.3 Å². The average molecular weight is 513 g/mol. The van der Waals surface area contributed by atoms with E-state index in [9.17, 15) is 9.59 Å². The van der Waals surface area contributed by atoms with Crippen molar-refractivity contribution in [3.05, 3.63) is 42.0 Å². The second-order valence-corrected chi connectivity index (χ2v) is 11.0. The smallest absolute Gasteiger partial charge is 0.410 e. The number of methoxy groups -OCH3 is 1. The fourth-order valence-corrected chi connectivity index (χ4v) is 4.57. The summed E-state index contributed by atoms with van der Waals surface area (Å²) >= 11 is 0. The summed E-state index contributed by atoms with van der Waals surface area (Å²) in [5, 5.41) is 2.12. The molecule has 0 N–H and O–H groups in total. The Morgan fingerprint density at radius 2 is 1.89 bits per heavy atom. The van der Waals surface area contributed by atoms with Gasteiger partial charge in [-0.25, -0.2) is 4.79 Å². The SMILES string of the molecule is COCCCOc1cc(CN(C(=O)[C@H]2CN(C(=O)OC(C)(C)C)[C@H](C)CO2)C2CC2)cc2ccccc12. The Morgan fingerprint density at radius 3 is 2.59 bits per heavy atom. The molecule has 2 aromatic carbocycles. The number of nitrogens with zero attached hydrogens (tertiary/aromatic N) is 2. The molecular weight excluding hydrogens is 472 g/mol. The third-order valence-corrected chi connectivity index (χ3v) is 6.59. The molecular formula is C29H40N2O6. The zero-order chi connectivity index (χ0) is 26.6. The first-order chi connectivity index (χ1) is 17.7. The molecule has 37 heavy (non-hydrogen) atoms. The van der Waals surface area contributed by atoms with Crippen LogP contribution in [0.15, 0.2) is 36.4 Å². The van der Waals surface area contributed by atoms with Gasteiger partial charge >= 0.3 is 6.09 Å². The van der Waals surface area contributed by atoms with Crippen LogP contribution in [-0.4, -0.2) is 79.1 Å². The highest BCUT2D eigenvalue weighted by Crippen LogP contribution is 2.33. The maximum absolute atomic E-state index is 13.7. The van der Waals surface area contributed by atoms with Gasteiger partial charge in [0.25, 0.3) is 5.91 Å². The number of rotatable bonds is 9. The van der Waals surface area contributed by atoms with Crippen molar-refractivity contribution in [1.82, 2.24) is 9.80 Å². The van der Waals surface area contributed by atoms with Crippen LogP contribution in [0.5, 0.6) is 5.75 Å². The molecule has 0 unspecified atom stereocenters. The number of ether oxygens (including phenoxy) is 4. The molecule has 1 aliphatic carbocycles. The number of morpholine rings is 1. The molecule has 4 rings (SSSR count). The molecule has 0 bridgehead atoms. The fourth-order valence-electron chi connectivity index (χ4n) is 4.57. The Hall–Kier alpha value is -2.84. The Morgan fingerprint density at radius 1 is 1.14 bits per heavy atom. The van der Waals surface area contributed by atoms with E-state index in [4.69, 9.17) is 18.9 Å². The van der Waals surface area contributed by atoms with Crippen LogP contribution in [0, 0.1) is 0 Å². The summed E-state index contributed by atoms with van der Waals surface area (Å²) in [6.45, 7) is 9.57. The molecule has 2 atom stereocenters. The van der Waals surface area contributed by atoms with Gasteiger partial charge in [0.2, 0.25) is 0 Å². The third kappa shape index (κ3) is 7.14. The van der Waals surface area contributed by atoms with Gasteiger partial charge in [-0.2, -0.15) is 0 Å². The minimum Gasteiger partial charge on any atom is -0.493 e. The van der Waals surface area contributed by atoms with E-state index < -0.39 is 17.8 Å². The minimum atomic E-state index is -0.713. The summed E-state index contributed by atoms with van der Waals surface area (Å²) in [4.78, 5) is 30.0. The third-order valence-electron chi connectivity index (χ3n) is 6.59. The van der Waals surface area contributed by atoms with Crippen molar-refractivity contribution in [2.24, 2.45) is 0 Å². The van der Waals surface area contributed by atoms with Gasteiger partial charge in [-0.1, -0.05) is 24.3 Å². The van der Waals surface area contributed by atoms with E-state index in [0.717, 1.165) is 41.3 Å². The summed E-state index contributed by atoms with van der Waals surface area (Å²) in [6.07, 6.45) is 1.61. The molecule has 8 nitrogen and oxygen atoms in total. The van der Waals surface area contributed by atoms with Crippen molar-refractivity contribution in [3.63, 3.8) is 0 Å². The number of carbonyl (C=O) groups excluding carboxylic acids is 2. The zero-order valence-corrected chi connectivity index (χ0v) is 22.7. The fraction of sp³-hybridized carbons (Fsp3) is 0.586. The molecule has 2 amide bonds. The first kappa shape index (κ1) is 27.2. The predicted molar refractivity (Wildman–Crippen MR) is 142 cm³/mol. The van der Waals surface area contributed by atoms with Gasteiger partial charge in [0.05, 0.1) is 25.8 Å². The largest absolute Gasteiger partial charge is 0.493 e. The van der Waals surface area contributed by atoms with Crippen LogP contribution < -0.4 is 4.74 Å².